The van der Waals surface area contributed by atoms with E-state index in [1.54, 1.807) is 29.6 Å². The summed E-state index contributed by atoms with van der Waals surface area (Å²) < 4.78 is 13.3. The Balaban J connectivity index is 1.68. The van der Waals surface area contributed by atoms with Gasteiger partial charge >= 0.3 is 5.69 Å². The lowest BCUT2D eigenvalue weighted by Gasteiger charge is -2.07. The Morgan fingerprint density at radius 1 is 0.963 bits per heavy atom. The lowest BCUT2D eigenvalue weighted by Crippen LogP contribution is -2.13. The Kier molecular flexibility index (Phi) is 5.23. The number of rotatable bonds is 5. The molecule has 2 aromatic carbocycles. The summed E-state index contributed by atoms with van der Waals surface area (Å²) in [5.41, 5.74) is 0.168. The van der Waals surface area contributed by atoms with Gasteiger partial charge in [0, 0.05) is 23.0 Å². The van der Waals surface area contributed by atoms with Crippen LogP contribution in [0.2, 0.25) is 0 Å². The molecule has 0 aliphatic carbocycles. The maximum absolute atomic E-state index is 13.3. The Morgan fingerprint density at radius 2 is 1.63 bits per heavy atom. The molecule has 27 heavy (non-hydrogen) atoms. The lowest BCUT2D eigenvalue weighted by molar-refractivity contribution is -0.387. The number of nitro groups is 1. The maximum atomic E-state index is 13.3. The fourth-order valence-corrected chi connectivity index (χ4v) is 2.86. The SMILES string of the molecule is O=C(Nc1ccc(F)c([N+](=O)[O-])c1)c1ccc(NC(=O)c2cccs2)cc1. The molecule has 0 radical (unpaired) electrons. The molecule has 2 amide bonds. The largest absolute Gasteiger partial charge is 0.322 e. The van der Waals surface area contributed by atoms with Gasteiger partial charge in [-0.15, -0.1) is 11.3 Å². The van der Waals surface area contributed by atoms with Crippen molar-refractivity contribution in [1.82, 2.24) is 0 Å². The number of benzene rings is 2. The Bertz CT molecular complexity index is 1000. The second-order valence-corrected chi connectivity index (χ2v) is 6.33. The van der Waals surface area contributed by atoms with Crippen LogP contribution in [0.4, 0.5) is 21.5 Å². The van der Waals surface area contributed by atoms with Crippen LogP contribution in [0.25, 0.3) is 0 Å². The average Bonchev–Trinajstić information content (AvgIpc) is 3.18. The number of anilines is 2. The van der Waals surface area contributed by atoms with Gasteiger partial charge in [0.25, 0.3) is 11.8 Å². The number of carbonyl (C=O) groups is 2. The van der Waals surface area contributed by atoms with Crippen molar-refractivity contribution in [2.24, 2.45) is 0 Å². The predicted octanol–water partition coefficient (Wildman–Crippen LogP) is 4.30. The molecule has 0 unspecified atom stereocenters. The lowest BCUT2D eigenvalue weighted by atomic mass is 10.2. The smallest absolute Gasteiger partial charge is 0.306 e. The first-order valence-corrected chi connectivity index (χ1v) is 8.52. The Labute approximate surface area is 156 Å². The molecular weight excluding hydrogens is 373 g/mol. The van der Waals surface area contributed by atoms with Gasteiger partial charge in [-0.25, -0.2) is 0 Å². The number of nitrogens with one attached hydrogen (secondary N) is 2. The Hall–Kier alpha value is -3.59. The zero-order valence-corrected chi connectivity index (χ0v) is 14.5. The molecule has 0 aliphatic heterocycles. The maximum Gasteiger partial charge on any atom is 0.306 e. The number of nitro benzene ring substituents is 1. The van der Waals surface area contributed by atoms with E-state index >= 15 is 0 Å². The molecule has 2 N–H and O–H groups in total. The van der Waals surface area contributed by atoms with E-state index in [4.69, 9.17) is 0 Å². The Morgan fingerprint density at radius 3 is 2.26 bits per heavy atom. The van der Waals surface area contributed by atoms with Crippen molar-refractivity contribution < 1.29 is 18.9 Å². The minimum absolute atomic E-state index is 0.100. The summed E-state index contributed by atoms with van der Waals surface area (Å²) in [5.74, 6) is -1.75. The predicted molar refractivity (Wildman–Crippen MR) is 99.7 cm³/mol. The number of nitrogens with zero attached hydrogens (tertiary/aromatic N) is 1. The number of halogens is 1. The highest BCUT2D eigenvalue weighted by Crippen LogP contribution is 2.22. The minimum atomic E-state index is -0.983. The van der Waals surface area contributed by atoms with E-state index in [0.29, 0.717) is 10.6 Å². The normalized spacial score (nSPS) is 10.3. The fourth-order valence-electron chi connectivity index (χ4n) is 2.24. The molecule has 0 fully saturated rings. The van der Waals surface area contributed by atoms with Crippen LogP contribution >= 0.6 is 11.3 Å². The topological polar surface area (TPSA) is 101 Å². The van der Waals surface area contributed by atoms with E-state index < -0.39 is 22.3 Å². The van der Waals surface area contributed by atoms with Gasteiger partial charge < -0.3 is 10.6 Å². The quantitative estimate of drug-likeness (QED) is 0.505. The van der Waals surface area contributed by atoms with Crippen molar-refractivity contribution in [3.05, 3.63) is 86.3 Å². The molecule has 1 aromatic heterocycles. The van der Waals surface area contributed by atoms with Gasteiger partial charge in [-0.05, 0) is 47.8 Å². The van der Waals surface area contributed by atoms with Crippen molar-refractivity contribution >= 4 is 40.2 Å². The molecule has 3 aromatic rings. The van der Waals surface area contributed by atoms with Gasteiger partial charge in [0.2, 0.25) is 5.82 Å². The van der Waals surface area contributed by atoms with Gasteiger partial charge in [0.1, 0.15) is 0 Å². The van der Waals surface area contributed by atoms with Crippen molar-refractivity contribution in [1.29, 1.82) is 0 Å². The van der Waals surface area contributed by atoms with E-state index in [1.165, 1.54) is 29.5 Å². The highest BCUT2D eigenvalue weighted by molar-refractivity contribution is 7.12. The van der Waals surface area contributed by atoms with Crippen LogP contribution in [0.1, 0.15) is 20.0 Å². The van der Waals surface area contributed by atoms with Crippen LogP contribution in [0.3, 0.4) is 0 Å². The zero-order chi connectivity index (χ0) is 19.4. The summed E-state index contributed by atoms with van der Waals surface area (Å²) in [7, 11) is 0. The standard InChI is InChI=1S/C18H12FN3O4S/c19-14-8-7-13(10-15(14)22(25)26)21-17(23)11-3-5-12(6-4-11)20-18(24)16-2-1-9-27-16/h1-10H,(H,20,24)(H,21,23). The second kappa shape index (κ2) is 7.75. The summed E-state index contributed by atoms with van der Waals surface area (Å²) >= 11 is 1.31. The monoisotopic (exact) mass is 385 g/mol. The summed E-state index contributed by atoms with van der Waals surface area (Å²) in [6, 6.07) is 12.7. The molecule has 136 valence electrons. The molecule has 0 spiro atoms. The first kappa shape index (κ1) is 18.2. The van der Waals surface area contributed by atoms with Crippen LogP contribution in [0.15, 0.2) is 60.0 Å². The molecule has 7 nitrogen and oxygen atoms in total. The molecule has 0 atom stereocenters. The molecule has 0 saturated carbocycles. The van der Waals surface area contributed by atoms with Crippen molar-refractivity contribution in [2.45, 2.75) is 0 Å². The number of hydrogen-bond donors (Lipinski definition) is 2. The van der Waals surface area contributed by atoms with Gasteiger partial charge in [-0.1, -0.05) is 6.07 Å². The van der Waals surface area contributed by atoms with E-state index in [0.717, 1.165) is 12.1 Å². The van der Waals surface area contributed by atoms with Gasteiger partial charge in [0.05, 0.1) is 9.80 Å². The number of carbonyl (C=O) groups excluding carboxylic acids is 2. The van der Waals surface area contributed by atoms with Gasteiger partial charge in [0.15, 0.2) is 0 Å². The average molecular weight is 385 g/mol. The van der Waals surface area contributed by atoms with Crippen LogP contribution in [-0.4, -0.2) is 16.7 Å². The summed E-state index contributed by atoms with van der Waals surface area (Å²) in [4.78, 5) is 34.7. The zero-order valence-electron chi connectivity index (χ0n) is 13.6. The molecule has 3 rings (SSSR count). The van der Waals surface area contributed by atoms with E-state index in [1.807, 2.05) is 0 Å². The van der Waals surface area contributed by atoms with E-state index in [2.05, 4.69) is 10.6 Å². The third-order valence-corrected chi connectivity index (χ3v) is 4.42. The third-order valence-electron chi connectivity index (χ3n) is 3.55. The molecule has 1 heterocycles. The molecule has 0 aliphatic rings. The van der Waals surface area contributed by atoms with Crippen molar-refractivity contribution in [2.75, 3.05) is 10.6 Å². The summed E-state index contributed by atoms with van der Waals surface area (Å²) in [6.07, 6.45) is 0. The van der Waals surface area contributed by atoms with Gasteiger partial charge in [-0.2, -0.15) is 4.39 Å². The first-order valence-electron chi connectivity index (χ1n) is 7.64. The van der Waals surface area contributed by atoms with Crippen molar-refractivity contribution in [3.63, 3.8) is 0 Å². The summed E-state index contributed by atoms with van der Waals surface area (Å²) in [6.45, 7) is 0. The third kappa shape index (κ3) is 4.33. The molecule has 0 bridgehead atoms. The summed E-state index contributed by atoms with van der Waals surface area (Å²) in [5, 5.41) is 17.7. The van der Waals surface area contributed by atoms with E-state index in [9.17, 15) is 24.1 Å². The molecule has 0 saturated heterocycles. The minimum Gasteiger partial charge on any atom is -0.322 e. The van der Waals surface area contributed by atoms with Crippen molar-refractivity contribution in [3.8, 4) is 0 Å². The highest BCUT2D eigenvalue weighted by Gasteiger charge is 2.16. The number of amides is 2. The highest BCUT2D eigenvalue weighted by atomic mass is 32.1. The van der Waals surface area contributed by atoms with Crippen LogP contribution in [0, 0.1) is 15.9 Å². The second-order valence-electron chi connectivity index (χ2n) is 5.39. The molecular formula is C18H12FN3O4S. The molecule has 9 heteroatoms. The van der Waals surface area contributed by atoms with E-state index in [-0.39, 0.29) is 17.2 Å². The van der Waals surface area contributed by atoms with Crippen LogP contribution in [0.5, 0.6) is 0 Å². The number of thiophene rings is 1. The van der Waals surface area contributed by atoms with Crippen LogP contribution < -0.4 is 10.6 Å². The number of hydrogen-bond acceptors (Lipinski definition) is 5. The first-order chi connectivity index (χ1) is 12.9. The van der Waals surface area contributed by atoms with Gasteiger partial charge in [-0.3, -0.25) is 19.7 Å². The van der Waals surface area contributed by atoms with Crippen LogP contribution in [-0.2, 0) is 0 Å². The fraction of sp³-hybridized carbons (Fsp3) is 0.